The first-order valence-electron chi connectivity index (χ1n) is 6.56. The van der Waals surface area contributed by atoms with E-state index in [0.717, 1.165) is 0 Å². The molecule has 0 aliphatic heterocycles. The van der Waals surface area contributed by atoms with Gasteiger partial charge in [-0.1, -0.05) is 30.7 Å². The Bertz CT molecular complexity index is 356. The first-order chi connectivity index (χ1) is 7.70. The van der Waals surface area contributed by atoms with E-state index < -0.39 is 0 Å². The van der Waals surface area contributed by atoms with E-state index in [1.165, 1.54) is 31.2 Å². The number of aryl methyl sites for hydroxylation is 2. The van der Waals surface area contributed by atoms with Gasteiger partial charge in [0.05, 0.1) is 0 Å². The fraction of sp³-hybridized carbons (Fsp3) is 0.600. The molecule has 0 fully saturated rings. The lowest BCUT2D eigenvalue weighted by Gasteiger charge is -2.29. The second-order valence-corrected chi connectivity index (χ2v) is 5.12. The lowest BCUT2D eigenvalue weighted by Crippen LogP contribution is -2.32. The fourth-order valence-electron chi connectivity index (χ4n) is 2.55. The molecule has 16 heavy (non-hydrogen) atoms. The molecular formula is C15H23N. The Balaban J connectivity index is 2.21. The van der Waals surface area contributed by atoms with Crippen LogP contribution in [0.5, 0.6) is 0 Å². The Morgan fingerprint density at radius 2 is 2.25 bits per heavy atom. The van der Waals surface area contributed by atoms with Crippen molar-refractivity contribution in [2.75, 3.05) is 0 Å². The molecule has 0 bridgehead atoms. The summed E-state index contributed by atoms with van der Waals surface area (Å²) in [5, 5.41) is 3.75. The van der Waals surface area contributed by atoms with E-state index in [9.17, 15) is 0 Å². The highest BCUT2D eigenvalue weighted by molar-refractivity contribution is 5.35. The third-order valence-electron chi connectivity index (χ3n) is 3.71. The molecule has 1 N–H and O–H groups in total. The van der Waals surface area contributed by atoms with Crippen molar-refractivity contribution in [3.63, 3.8) is 0 Å². The zero-order chi connectivity index (χ0) is 11.5. The topological polar surface area (TPSA) is 12.0 Å². The van der Waals surface area contributed by atoms with E-state index in [0.29, 0.717) is 12.1 Å². The van der Waals surface area contributed by atoms with Crippen LogP contribution < -0.4 is 5.32 Å². The van der Waals surface area contributed by atoms with Crippen molar-refractivity contribution in [2.24, 2.45) is 0 Å². The maximum absolute atomic E-state index is 3.75. The molecule has 2 atom stereocenters. The highest BCUT2D eigenvalue weighted by Crippen LogP contribution is 2.30. The summed E-state index contributed by atoms with van der Waals surface area (Å²) >= 11 is 0. The standard InChI is InChI=1S/C15H23N/c1-4-12(3)16-15-7-5-6-13-9-8-11(2)10-14(13)15/h8-10,12,15-16H,4-7H2,1-3H3. The maximum atomic E-state index is 3.75. The minimum absolute atomic E-state index is 0.582. The second kappa shape index (κ2) is 5.01. The van der Waals surface area contributed by atoms with Crippen molar-refractivity contribution >= 4 is 0 Å². The fourth-order valence-corrected chi connectivity index (χ4v) is 2.55. The number of rotatable bonds is 3. The van der Waals surface area contributed by atoms with E-state index in [-0.39, 0.29) is 0 Å². The minimum Gasteiger partial charge on any atom is -0.307 e. The van der Waals surface area contributed by atoms with Gasteiger partial charge in [-0.15, -0.1) is 0 Å². The van der Waals surface area contributed by atoms with Crippen LogP contribution in [-0.2, 0) is 6.42 Å². The molecular weight excluding hydrogens is 194 g/mol. The van der Waals surface area contributed by atoms with E-state index in [1.54, 1.807) is 11.1 Å². The van der Waals surface area contributed by atoms with Gasteiger partial charge < -0.3 is 5.32 Å². The van der Waals surface area contributed by atoms with Gasteiger partial charge in [0, 0.05) is 12.1 Å². The molecule has 0 aromatic heterocycles. The molecule has 0 heterocycles. The Kier molecular flexibility index (Phi) is 3.65. The molecule has 2 rings (SSSR count). The van der Waals surface area contributed by atoms with Gasteiger partial charge in [0.25, 0.3) is 0 Å². The van der Waals surface area contributed by atoms with E-state index in [4.69, 9.17) is 0 Å². The number of hydrogen-bond acceptors (Lipinski definition) is 1. The van der Waals surface area contributed by atoms with Crippen LogP contribution in [0.25, 0.3) is 0 Å². The third-order valence-corrected chi connectivity index (χ3v) is 3.71. The summed E-state index contributed by atoms with van der Waals surface area (Å²) in [6.45, 7) is 6.72. The average Bonchev–Trinajstić information content (AvgIpc) is 2.29. The lowest BCUT2D eigenvalue weighted by molar-refractivity contribution is 0.402. The molecule has 2 unspecified atom stereocenters. The summed E-state index contributed by atoms with van der Waals surface area (Å²) in [6, 6.07) is 8.13. The third kappa shape index (κ3) is 2.46. The number of nitrogens with one attached hydrogen (secondary N) is 1. The molecule has 1 aliphatic rings. The number of benzene rings is 1. The van der Waals surface area contributed by atoms with Crippen LogP contribution in [0, 0.1) is 6.92 Å². The molecule has 1 aliphatic carbocycles. The maximum Gasteiger partial charge on any atom is 0.0325 e. The highest BCUT2D eigenvalue weighted by Gasteiger charge is 2.20. The van der Waals surface area contributed by atoms with Gasteiger partial charge in [0.2, 0.25) is 0 Å². The van der Waals surface area contributed by atoms with Crippen molar-refractivity contribution in [1.82, 2.24) is 5.32 Å². The minimum atomic E-state index is 0.582. The van der Waals surface area contributed by atoms with Gasteiger partial charge in [0.15, 0.2) is 0 Å². The lowest BCUT2D eigenvalue weighted by atomic mass is 9.86. The molecule has 0 saturated carbocycles. The Morgan fingerprint density at radius 1 is 1.44 bits per heavy atom. The van der Waals surface area contributed by atoms with Gasteiger partial charge in [-0.3, -0.25) is 0 Å². The molecule has 88 valence electrons. The van der Waals surface area contributed by atoms with Crippen molar-refractivity contribution in [3.05, 3.63) is 34.9 Å². The van der Waals surface area contributed by atoms with E-state index in [2.05, 4.69) is 44.3 Å². The number of hydrogen-bond donors (Lipinski definition) is 1. The van der Waals surface area contributed by atoms with Crippen LogP contribution in [0.2, 0.25) is 0 Å². The van der Waals surface area contributed by atoms with Gasteiger partial charge in [0.1, 0.15) is 0 Å². The highest BCUT2D eigenvalue weighted by atomic mass is 14.9. The van der Waals surface area contributed by atoms with Gasteiger partial charge in [-0.25, -0.2) is 0 Å². The summed E-state index contributed by atoms with van der Waals surface area (Å²) in [6.07, 6.45) is 5.08. The predicted octanol–water partition coefficient (Wildman–Crippen LogP) is 3.76. The number of fused-ring (bicyclic) bond motifs is 1. The first-order valence-corrected chi connectivity index (χ1v) is 6.56. The van der Waals surface area contributed by atoms with Crippen molar-refractivity contribution in [3.8, 4) is 0 Å². The largest absolute Gasteiger partial charge is 0.307 e. The summed E-state index contributed by atoms with van der Waals surface area (Å²) in [7, 11) is 0. The van der Waals surface area contributed by atoms with Crippen molar-refractivity contribution in [1.29, 1.82) is 0 Å². The monoisotopic (exact) mass is 217 g/mol. The van der Waals surface area contributed by atoms with Crippen LogP contribution in [0.3, 0.4) is 0 Å². The van der Waals surface area contributed by atoms with Crippen molar-refractivity contribution in [2.45, 2.75) is 58.5 Å². The molecule has 0 amide bonds. The van der Waals surface area contributed by atoms with Gasteiger partial charge in [-0.2, -0.15) is 0 Å². The summed E-state index contributed by atoms with van der Waals surface area (Å²) in [5.74, 6) is 0. The molecule has 0 saturated heterocycles. The summed E-state index contributed by atoms with van der Waals surface area (Å²) in [4.78, 5) is 0. The van der Waals surface area contributed by atoms with E-state index in [1.807, 2.05) is 0 Å². The van der Waals surface area contributed by atoms with Crippen LogP contribution in [-0.4, -0.2) is 6.04 Å². The Hall–Kier alpha value is -0.820. The SMILES string of the molecule is CCC(C)NC1CCCc2ccc(C)cc21. The van der Waals surface area contributed by atoms with Crippen LogP contribution >= 0.6 is 0 Å². The van der Waals surface area contributed by atoms with Crippen LogP contribution in [0.1, 0.15) is 55.8 Å². The molecule has 1 nitrogen and oxygen atoms in total. The Morgan fingerprint density at radius 3 is 3.00 bits per heavy atom. The van der Waals surface area contributed by atoms with Gasteiger partial charge in [-0.05, 0) is 50.7 Å². The average molecular weight is 217 g/mol. The molecule has 0 radical (unpaired) electrons. The molecule has 0 spiro atoms. The zero-order valence-corrected chi connectivity index (χ0v) is 10.7. The summed E-state index contributed by atoms with van der Waals surface area (Å²) < 4.78 is 0. The van der Waals surface area contributed by atoms with Crippen molar-refractivity contribution < 1.29 is 0 Å². The smallest absolute Gasteiger partial charge is 0.0325 e. The van der Waals surface area contributed by atoms with Gasteiger partial charge >= 0.3 is 0 Å². The molecule has 1 aromatic rings. The zero-order valence-electron chi connectivity index (χ0n) is 10.7. The normalized spacial score (nSPS) is 21.6. The first kappa shape index (κ1) is 11.7. The van der Waals surface area contributed by atoms with Crippen LogP contribution in [0.4, 0.5) is 0 Å². The quantitative estimate of drug-likeness (QED) is 0.813. The van der Waals surface area contributed by atoms with E-state index >= 15 is 0 Å². The molecule has 1 heteroatoms. The predicted molar refractivity (Wildman–Crippen MR) is 69.7 cm³/mol. The second-order valence-electron chi connectivity index (χ2n) is 5.12. The summed E-state index contributed by atoms with van der Waals surface area (Å²) in [5.41, 5.74) is 4.49. The molecule has 1 aromatic carbocycles. The van der Waals surface area contributed by atoms with Crippen LogP contribution in [0.15, 0.2) is 18.2 Å². The Labute approximate surface area is 99.3 Å².